The molecule has 1 fully saturated rings. The molecule has 12 heteroatoms. The molecule has 5 atom stereocenters. The maximum absolute atomic E-state index is 12.4. The van der Waals surface area contributed by atoms with Gasteiger partial charge in [0.2, 0.25) is 0 Å². The van der Waals surface area contributed by atoms with Crippen LogP contribution in [0.3, 0.4) is 0 Å². The van der Waals surface area contributed by atoms with Gasteiger partial charge < -0.3 is 29.9 Å². The molecule has 0 spiro atoms. The molecule has 1 aliphatic carbocycles. The molecule has 3 rings (SSSR count). The molecule has 1 aromatic carbocycles. The zero-order valence-corrected chi connectivity index (χ0v) is 24.7. The summed E-state index contributed by atoms with van der Waals surface area (Å²) in [6, 6.07) is 5.22. The van der Waals surface area contributed by atoms with Crippen molar-refractivity contribution in [3.8, 4) is 5.75 Å². The quantitative estimate of drug-likeness (QED) is 0.138. The summed E-state index contributed by atoms with van der Waals surface area (Å²) in [7, 11) is 0. The van der Waals surface area contributed by atoms with Gasteiger partial charge in [-0.2, -0.15) is 0 Å². The lowest BCUT2D eigenvalue weighted by molar-refractivity contribution is -0.175. The molecule has 43 heavy (non-hydrogen) atoms. The van der Waals surface area contributed by atoms with Crippen LogP contribution >= 0.6 is 0 Å². The van der Waals surface area contributed by atoms with Crippen molar-refractivity contribution in [1.82, 2.24) is 4.90 Å². The molecule has 0 saturated heterocycles. The molecule has 2 amide bonds. The van der Waals surface area contributed by atoms with Gasteiger partial charge in [0.15, 0.2) is 0 Å². The fraction of sp³-hybridized carbons (Fsp3) is 0.581. The summed E-state index contributed by atoms with van der Waals surface area (Å²) in [6.45, 7) is 5.09. The highest BCUT2D eigenvalue weighted by Crippen LogP contribution is 2.32. The highest BCUT2D eigenvalue weighted by molar-refractivity contribution is 6.13. The van der Waals surface area contributed by atoms with Gasteiger partial charge in [0.1, 0.15) is 36.5 Å². The Bertz CT molecular complexity index is 1220. The monoisotopic (exact) mass is 603 g/mol. The predicted octanol–water partition coefficient (Wildman–Crippen LogP) is 1.70. The number of hydrogen-bond donors (Lipinski definition) is 4. The zero-order valence-electron chi connectivity index (χ0n) is 24.7. The minimum atomic E-state index is -1.71. The minimum absolute atomic E-state index is 0.0235. The summed E-state index contributed by atoms with van der Waals surface area (Å²) in [5.41, 5.74) is 0.647. The Morgan fingerprint density at radius 1 is 0.930 bits per heavy atom. The van der Waals surface area contributed by atoms with Crippen molar-refractivity contribution in [3.05, 3.63) is 41.5 Å². The molecule has 1 heterocycles. The van der Waals surface area contributed by atoms with Gasteiger partial charge in [-0.05, 0) is 57.7 Å². The summed E-state index contributed by atoms with van der Waals surface area (Å²) in [4.78, 5) is 60.4. The number of ketones is 1. The first kappa shape index (κ1) is 33.9. The van der Waals surface area contributed by atoms with Crippen LogP contribution in [0.25, 0.3) is 0 Å². The van der Waals surface area contributed by atoms with E-state index in [0.29, 0.717) is 24.8 Å². The number of rotatable bonds is 14. The number of aryl methyl sites for hydroxylation is 1. The number of hydrogen-bond acceptors (Lipinski definition) is 10. The number of nitrogens with zero attached hydrogens (tertiary/aromatic N) is 1. The number of amides is 2. The molecule has 0 aromatic heterocycles. The third kappa shape index (κ3) is 9.19. The Morgan fingerprint density at radius 3 is 2.23 bits per heavy atom. The first-order chi connectivity index (χ1) is 20.2. The summed E-state index contributed by atoms with van der Waals surface area (Å²) >= 11 is 0. The van der Waals surface area contributed by atoms with Crippen LogP contribution in [0, 0.1) is 11.3 Å². The van der Waals surface area contributed by atoms with Crippen LogP contribution in [0.2, 0.25) is 0 Å². The number of ether oxygens (including phenoxy) is 2. The van der Waals surface area contributed by atoms with Crippen LogP contribution in [0.5, 0.6) is 5.75 Å². The second-order valence-corrected chi connectivity index (χ2v) is 12.1. The number of unbranched alkanes of at least 4 members (excludes halogenated alkanes) is 2. The van der Waals surface area contributed by atoms with Crippen LogP contribution < -0.4 is 4.74 Å². The number of carbonyl (C=O) groups is 5. The van der Waals surface area contributed by atoms with E-state index < -0.39 is 59.5 Å². The Morgan fingerprint density at radius 2 is 1.60 bits per heavy atom. The second-order valence-electron chi connectivity index (χ2n) is 12.1. The van der Waals surface area contributed by atoms with E-state index >= 15 is 0 Å². The molecular formula is C31H41NO11. The van der Waals surface area contributed by atoms with Crippen molar-refractivity contribution in [2.24, 2.45) is 11.3 Å². The van der Waals surface area contributed by atoms with Gasteiger partial charge in [0.05, 0.1) is 17.4 Å². The van der Waals surface area contributed by atoms with Crippen molar-refractivity contribution in [1.29, 1.82) is 0 Å². The number of aliphatic hydroxyl groups is 3. The average Bonchev–Trinajstić information content (AvgIpc) is 3.27. The molecule has 0 bridgehead atoms. The first-order valence-corrected chi connectivity index (χ1v) is 14.5. The van der Waals surface area contributed by atoms with Gasteiger partial charge in [-0.3, -0.25) is 28.9 Å². The maximum atomic E-state index is 12.4. The Kier molecular flexibility index (Phi) is 11.6. The molecule has 236 valence electrons. The number of esters is 1. The summed E-state index contributed by atoms with van der Waals surface area (Å²) in [5.74, 6) is -3.68. The van der Waals surface area contributed by atoms with E-state index in [0.717, 1.165) is 23.3 Å². The third-order valence-corrected chi connectivity index (χ3v) is 7.61. The summed E-state index contributed by atoms with van der Waals surface area (Å²) in [6.07, 6.45) is -0.610. The lowest BCUT2D eigenvalue weighted by atomic mass is 9.80. The number of carboxylic acids is 1. The number of imide groups is 1. The Labute approximate surface area is 250 Å². The van der Waals surface area contributed by atoms with E-state index in [1.54, 1.807) is 39.0 Å². The topological polar surface area (TPSA) is 188 Å². The number of carboxylic acid groups (broad SMARTS) is 1. The standard InChI is InChI=1S/C31H41NO11/c1-31(2,3)30(41)42-17-19-15-18(7-5-4-6-8-20(33)13-14-32-24(34)11-12-25(32)35)9-10-22(19)43-23-16-21(29(39)40)26(36)28(38)27(23)37/h9-12,15,21,23,26-28,36-38H,4-8,13-14,16-17H2,1-3H3,(H,39,40)/t21-,23+,26+,27-,28-/m0/s1. The SMILES string of the molecule is CC(C)(C)C(=O)OCc1cc(CCCCCC(=O)CCN2C(=O)C=CC2=O)ccc1O[C@@H]1C[C@H](C(=O)O)[C@@H](O)[C@H](O)[C@H]1O. The largest absolute Gasteiger partial charge is 0.487 e. The van der Waals surface area contributed by atoms with Gasteiger partial charge in [-0.15, -0.1) is 0 Å². The van der Waals surface area contributed by atoms with Crippen molar-refractivity contribution < 1.29 is 53.9 Å². The minimum Gasteiger partial charge on any atom is -0.487 e. The maximum Gasteiger partial charge on any atom is 0.311 e. The lowest BCUT2D eigenvalue weighted by Crippen LogP contribution is -2.57. The smallest absolute Gasteiger partial charge is 0.311 e. The summed E-state index contributed by atoms with van der Waals surface area (Å²) < 4.78 is 11.4. The van der Waals surface area contributed by atoms with Crippen LogP contribution in [0.1, 0.15) is 70.4 Å². The van der Waals surface area contributed by atoms with E-state index in [4.69, 9.17) is 9.47 Å². The van der Waals surface area contributed by atoms with Crippen LogP contribution in [0.4, 0.5) is 0 Å². The molecule has 12 nitrogen and oxygen atoms in total. The van der Waals surface area contributed by atoms with E-state index in [1.807, 2.05) is 0 Å². The zero-order chi connectivity index (χ0) is 31.9. The lowest BCUT2D eigenvalue weighted by Gasteiger charge is -2.38. The number of aliphatic carboxylic acids is 1. The fourth-order valence-electron chi connectivity index (χ4n) is 4.93. The molecular weight excluding hydrogens is 562 g/mol. The molecule has 1 aromatic rings. The normalized spacial score (nSPS) is 23.9. The highest BCUT2D eigenvalue weighted by atomic mass is 16.5. The van der Waals surface area contributed by atoms with Crippen molar-refractivity contribution in [2.45, 2.75) is 96.7 Å². The van der Waals surface area contributed by atoms with Crippen molar-refractivity contribution >= 4 is 29.5 Å². The predicted molar refractivity (Wildman–Crippen MR) is 152 cm³/mol. The van der Waals surface area contributed by atoms with Gasteiger partial charge in [0.25, 0.3) is 11.8 Å². The first-order valence-electron chi connectivity index (χ1n) is 14.5. The van der Waals surface area contributed by atoms with Crippen LogP contribution in [-0.4, -0.2) is 85.8 Å². The number of benzene rings is 1. The van der Waals surface area contributed by atoms with Gasteiger partial charge in [-0.25, -0.2) is 0 Å². The van der Waals surface area contributed by atoms with E-state index in [2.05, 4.69) is 0 Å². The molecule has 2 aliphatic rings. The molecule has 1 saturated carbocycles. The third-order valence-electron chi connectivity index (χ3n) is 7.61. The van der Waals surface area contributed by atoms with Crippen LogP contribution in [0.15, 0.2) is 30.4 Å². The number of Topliss-reactive ketones (excluding diaryl/α,β-unsaturated/α-hetero) is 1. The average molecular weight is 604 g/mol. The molecule has 0 radical (unpaired) electrons. The Balaban J connectivity index is 1.59. The van der Waals surface area contributed by atoms with Gasteiger partial charge in [-0.1, -0.05) is 12.5 Å². The molecule has 0 unspecified atom stereocenters. The van der Waals surface area contributed by atoms with Crippen molar-refractivity contribution in [3.63, 3.8) is 0 Å². The van der Waals surface area contributed by atoms with E-state index in [9.17, 15) is 44.4 Å². The highest BCUT2D eigenvalue weighted by Gasteiger charge is 2.47. The second kappa shape index (κ2) is 14.7. The van der Waals surface area contributed by atoms with Gasteiger partial charge in [0, 0.05) is 43.5 Å². The van der Waals surface area contributed by atoms with E-state index in [1.165, 1.54) is 12.2 Å². The Hall–Kier alpha value is -3.61. The van der Waals surface area contributed by atoms with Crippen LogP contribution in [-0.2, 0) is 41.7 Å². The molecule has 4 N–H and O–H groups in total. The number of carbonyl (C=O) groups excluding carboxylic acids is 4. The fourth-order valence-corrected chi connectivity index (χ4v) is 4.93. The van der Waals surface area contributed by atoms with Gasteiger partial charge >= 0.3 is 11.9 Å². The van der Waals surface area contributed by atoms with Crippen molar-refractivity contribution in [2.75, 3.05) is 6.54 Å². The number of aliphatic hydroxyl groups excluding tert-OH is 3. The summed E-state index contributed by atoms with van der Waals surface area (Å²) in [5, 5.41) is 40.2. The molecule has 1 aliphatic heterocycles. The van der Waals surface area contributed by atoms with E-state index in [-0.39, 0.29) is 37.5 Å².